The zero-order valence-electron chi connectivity index (χ0n) is 6.74. The second-order valence-electron chi connectivity index (χ2n) is 2.22. The fraction of sp³-hybridized carbons (Fsp3) is 0.667. The first-order valence-corrected chi connectivity index (χ1v) is 4.49. The second kappa shape index (κ2) is 5.84. The number of amides is 1. The molecule has 0 saturated carbocycles. The number of hydrogen-bond donors (Lipinski definition) is 3. The molecule has 0 radical (unpaired) electrons. The lowest BCUT2D eigenvalue weighted by molar-refractivity contribution is -0.138. The van der Waals surface area contributed by atoms with E-state index in [1.54, 1.807) is 11.8 Å². The molecule has 0 aromatic rings. The predicted octanol–water partition coefficient (Wildman–Crippen LogP) is -0.775. The van der Waals surface area contributed by atoms with E-state index in [4.69, 9.17) is 5.11 Å². The van der Waals surface area contributed by atoms with Gasteiger partial charge in [-0.25, -0.2) is 0 Å². The van der Waals surface area contributed by atoms with Crippen LogP contribution in [0.25, 0.3) is 0 Å². The SMILES string of the molecule is CC(N)=O.O=C(O)C1CSCN1. The standard InChI is InChI=1S/C4H7NO2S.C2H5NO/c6-4(7)3-1-8-2-5-3;1-2(3)4/h3,5H,1-2H2,(H,6,7);1H3,(H2,3,4). The maximum Gasteiger partial charge on any atom is 0.321 e. The molecule has 1 unspecified atom stereocenters. The number of rotatable bonds is 1. The molecular formula is C6H12N2O3S. The molecule has 4 N–H and O–H groups in total. The number of carbonyl (C=O) groups is 2. The number of carbonyl (C=O) groups excluding carboxylic acids is 1. The number of carboxylic acids is 1. The van der Waals surface area contributed by atoms with Gasteiger partial charge in [0.2, 0.25) is 5.91 Å². The summed E-state index contributed by atoms with van der Waals surface area (Å²) in [6, 6.07) is -0.306. The highest BCUT2D eigenvalue weighted by Gasteiger charge is 2.20. The van der Waals surface area contributed by atoms with Gasteiger partial charge < -0.3 is 10.8 Å². The van der Waals surface area contributed by atoms with Crippen LogP contribution in [0, 0.1) is 0 Å². The molecule has 5 nitrogen and oxygen atoms in total. The summed E-state index contributed by atoms with van der Waals surface area (Å²) < 4.78 is 0. The van der Waals surface area contributed by atoms with E-state index >= 15 is 0 Å². The van der Waals surface area contributed by atoms with E-state index in [-0.39, 0.29) is 11.9 Å². The van der Waals surface area contributed by atoms with Crippen LogP contribution in [-0.2, 0) is 9.59 Å². The first-order valence-electron chi connectivity index (χ1n) is 3.34. The molecule has 1 atom stereocenters. The lowest BCUT2D eigenvalue weighted by Gasteiger charge is -1.98. The Morgan fingerprint density at radius 2 is 2.17 bits per heavy atom. The summed E-state index contributed by atoms with van der Waals surface area (Å²) in [5, 5.41) is 11.2. The molecule has 1 heterocycles. The van der Waals surface area contributed by atoms with Crippen molar-refractivity contribution < 1.29 is 14.7 Å². The van der Waals surface area contributed by atoms with Gasteiger partial charge >= 0.3 is 5.97 Å². The Morgan fingerprint density at radius 1 is 1.67 bits per heavy atom. The molecule has 0 aliphatic carbocycles. The number of aliphatic carboxylic acids is 1. The van der Waals surface area contributed by atoms with Crippen molar-refractivity contribution in [3.63, 3.8) is 0 Å². The first-order chi connectivity index (χ1) is 5.54. The van der Waals surface area contributed by atoms with Crippen molar-refractivity contribution in [2.45, 2.75) is 13.0 Å². The van der Waals surface area contributed by atoms with Crippen LogP contribution >= 0.6 is 11.8 Å². The van der Waals surface area contributed by atoms with Gasteiger partial charge in [-0.15, -0.1) is 11.8 Å². The van der Waals surface area contributed by atoms with Crippen LogP contribution in [0.5, 0.6) is 0 Å². The Hall–Kier alpha value is -0.750. The average Bonchev–Trinajstić information content (AvgIpc) is 2.34. The summed E-state index contributed by atoms with van der Waals surface area (Å²) >= 11 is 1.62. The molecule has 12 heavy (non-hydrogen) atoms. The minimum atomic E-state index is -0.741. The Morgan fingerprint density at radius 3 is 2.33 bits per heavy atom. The van der Waals surface area contributed by atoms with Crippen LogP contribution in [0.4, 0.5) is 0 Å². The molecule has 70 valence electrons. The highest BCUT2D eigenvalue weighted by molar-refractivity contribution is 7.99. The number of hydrogen-bond acceptors (Lipinski definition) is 4. The van der Waals surface area contributed by atoms with Gasteiger partial charge in [0.1, 0.15) is 6.04 Å². The fourth-order valence-corrected chi connectivity index (χ4v) is 1.49. The van der Waals surface area contributed by atoms with Crippen LogP contribution in [0.2, 0.25) is 0 Å². The molecule has 1 aliphatic heterocycles. The Bertz CT molecular complexity index is 164. The van der Waals surface area contributed by atoms with Gasteiger partial charge in [-0.3, -0.25) is 14.9 Å². The van der Waals surface area contributed by atoms with Crippen LogP contribution in [0.15, 0.2) is 0 Å². The Balaban J connectivity index is 0.000000261. The maximum absolute atomic E-state index is 10.1. The summed E-state index contributed by atoms with van der Waals surface area (Å²) in [6.07, 6.45) is 0. The number of nitrogens with two attached hydrogens (primary N) is 1. The number of primary amides is 1. The Kier molecular flexibility index (Phi) is 5.48. The molecule has 1 saturated heterocycles. The monoisotopic (exact) mass is 192 g/mol. The molecule has 0 spiro atoms. The third-order valence-electron chi connectivity index (χ3n) is 1.01. The number of carboxylic acid groups (broad SMARTS) is 1. The van der Waals surface area contributed by atoms with Gasteiger partial charge in [0.15, 0.2) is 0 Å². The van der Waals surface area contributed by atoms with Crippen LogP contribution in [0.1, 0.15) is 6.92 Å². The number of thioether (sulfide) groups is 1. The van der Waals surface area contributed by atoms with Crippen LogP contribution in [0.3, 0.4) is 0 Å². The van der Waals surface area contributed by atoms with E-state index in [9.17, 15) is 9.59 Å². The molecule has 0 aromatic heterocycles. The van der Waals surface area contributed by atoms with Crippen molar-refractivity contribution in [2.24, 2.45) is 5.73 Å². The van der Waals surface area contributed by atoms with Crippen molar-refractivity contribution >= 4 is 23.6 Å². The number of nitrogens with one attached hydrogen (secondary N) is 1. The molecule has 1 rings (SSSR count). The lowest BCUT2D eigenvalue weighted by Crippen LogP contribution is -2.32. The molecule has 1 amide bonds. The van der Waals surface area contributed by atoms with Crippen molar-refractivity contribution in [2.75, 3.05) is 11.6 Å². The fourth-order valence-electron chi connectivity index (χ4n) is 0.554. The van der Waals surface area contributed by atoms with Gasteiger partial charge in [-0.05, 0) is 0 Å². The quantitative estimate of drug-likeness (QED) is 0.507. The second-order valence-corrected chi connectivity index (χ2v) is 3.25. The topological polar surface area (TPSA) is 92.4 Å². The smallest absolute Gasteiger partial charge is 0.321 e. The normalized spacial score (nSPS) is 20.9. The van der Waals surface area contributed by atoms with E-state index in [0.29, 0.717) is 5.75 Å². The van der Waals surface area contributed by atoms with Crippen molar-refractivity contribution in [1.82, 2.24) is 5.32 Å². The van der Waals surface area contributed by atoms with Crippen molar-refractivity contribution in [3.8, 4) is 0 Å². The van der Waals surface area contributed by atoms with Gasteiger partial charge in [-0.1, -0.05) is 0 Å². The first kappa shape index (κ1) is 11.2. The maximum atomic E-state index is 10.1. The van der Waals surface area contributed by atoms with E-state index in [1.807, 2.05) is 0 Å². The molecule has 0 bridgehead atoms. The lowest BCUT2D eigenvalue weighted by atomic mass is 10.4. The molecule has 6 heteroatoms. The highest BCUT2D eigenvalue weighted by Crippen LogP contribution is 2.08. The average molecular weight is 192 g/mol. The third-order valence-corrected chi connectivity index (χ3v) is 1.95. The van der Waals surface area contributed by atoms with Crippen molar-refractivity contribution in [1.29, 1.82) is 0 Å². The van der Waals surface area contributed by atoms with E-state index in [0.717, 1.165) is 5.88 Å². The van der Waals surface area contributed by atoms with Gasteiger partial charge in [0.05, 0.1) is 0 Å². The summed E-state index contributed by atoms with van der Waals surface area (Å²) in [6.45, 7) is 1.31. The van der Waals surface area contributed by atoms with Crippen LogP contribution in [-0.4, -0.2) is 34.7 Å². The molecule has 1 fully saturated rings. The summed E-state index contributed by atoms with van der Waals surface area (Å²) in [5.41, 5.74) is 4.47. The zero-order valence-corrected chi connectivity index (χ0v) is 7.56. The Labute approximate surface area is 74.7 Å². The van der Waals surface area contributed by atoms with Crippen molar-refractivity contribution in [3.05, 3.63) is 0 Å². The van der Waals surface area contributed by atoms with Gasteiger partial charge in [0, 0.05) is 18.6 Å². The molecular weight excluding hydrogens is 180 g/mol. The minimum absolute atomic E-state index is 0.306. The van der Waals surface area contributed by atoms with Gasteiger partial charge in [-0.2, -0.15) is 0 Å². The summed E-state index contributed by atoms with van der Waals surface area (Å²) in [4.78, 5) is 19.3. The van der Waals surface area contributed by atoms with E-state index < -0.39 is 5.97 Å². The van der Waals surface area contributed by atoms with E-state index in [1.165, 1.54) is 6.92 Å². The molecule has 0 aromatic carbocycles. The third kappa shape index (κ3) is 5.99. The predicted molar refractivity (Wildman–Crippen MR) is 46.8 cm³/mol. The van der Waals surface area contributed by atoms with E-state index in [2.05, 4.69) is 11.1 Å². The zero-order chi connectivity index (χ0) is 9.56. The summed E-state index contributed by atoms with van der Waals surface area (Å²) in [7, 11) is 0. The summed E-state index contributed by atoms with van der Waals surface area (Å²) in [5.74, 6) is 0.404. The largest absolute Gasteiger partial charge is 0.480 e. The molecule has 1 aliphatic rings. The van der Waals surface area contributed by atoms with Crippen LogP contribution < -0.4 is 11.1 Å². The highest BCUT2D eigenvalue weighted by atomic mass is 32.2. The van der Waals surface area contributed by atoms with Gasteiger partial charge in [0.25, 0.3) is 0 Å². The minimum Gasteiger partial charge on any atom is -0.480 e.